The van der Waals surface area contributed by atoms with Crippen LogP contribution < -0.4 is 16.0 Å². The molecule has 0 aliphatic carbocycles. The number of aryl methyl sites for hydroxylation is 1. The lowest BCUT2D eigenvalue weighted by molar-refractivity contribution is 0.0942. The average Bonchev–Trinajstić information content (AvgIpc) is 3.10. The monoisotopic (exact) mass is 408 g/mol. The summed E-state index contributed by atoms with van der Waals surface area (Å²) in [5.41, 5.74) is 2.64. The molecule has 0 aliphatic heterocycles. The van der Waals surface area contributed by atoms with E-state index < -0.39 is 0 Å². The van der Waals surface area contributed by atoms with Crippen molar-refractivity contribution in [3.8, 4) is 0 Å². The largest absolute Gasteiger partial charge is 0.350 e. The standard InChI is InChI=1S/C22H28N6O2/c1-13(2)19(20-27-26-18-8-6-7-11-28(18)20)25-22(30)24-16-10-9-15(5)17(12-16)21(29)23-14(3)4/h6-14,19H,1-5H3,(H,23,29)(H2,24,25,30). The number of aromatic nitrogens is 3. The molecule has 0 saturated carbocycles. The average molecular weight is 409 g/mol. The van der Waals surface area contributed by atoms with E-state index in [1.807, 2.05) is 69.5 Å². The first-order valence-corrected chi connectivity index (χ1v) is 10.0. The van der Waals surface area contributed by atoms with Gasteiger partial charge >= 0.3 is 6.03 Å². The Morgan fingerprint density at radius 3 is 2.47 bits per heavy atom. The van der Waals surface area contributed by atoms with E-state index in [-0.39, 0.29) is 29.9 Å². The van der Waals surface area contributed by atoms with E-state index in [0.29, 0.717) is 17.1 Å². The van der Waals surface area contributed by atoms with Gasteiger partial charge in [0.05, 0.1) is 6.04 Å². The zero-order valence-electron chi connectivity index (χ0n) is 17.9. The van der Waals surface area contributed by atoms with Crippen LogP contribution in [0.4, 0.5) is 10.5 Å². The van der Waals surface area contributed by atoms with E-state index in [1.165, 1.54) is 0 Å². The lowest BCUT2D eigenvalue weighted by atomic mass is 10.0. The second-order valence-electron chi connectivity index (χ2n) is 7.97. The van der Waals surface area contributed by atoms with Crippen molar-refractivity contribution >= 4 is 23.3 Å². The summed E-state index contributed by atoms with van der Waals surface area (Å²) in [6.45, 7) is 9.70. The fourth-order valence-electron chi connectivity index (χ4n) is 3.19. The predicted molar refractivity (Wildman–Crippen MR) is 117 cm³/mol. The van der Waals surface area contributed by atoms with Crippen LogP contribution in [-0.2, 0) is 0 Å². The molecule has 158 valence electrons. The van der Waals surface area contributed by atoms with Crippen molar-refractivity contribution in [3.05, 3.63) is 59.5 Å². The molecule has 1 atom stereocenters. The molecule has 0 spiro atoms. The van der Waals surface area contributed by atoms with Crippen LogP contribution in [0.15, 0.2) is 42.6 Å². The number of fused-ring (bicyclic) bond motifs is 1. The van der Waals surface area contributed by atoms with Gasteiger partial charge in [0.1, 0.15) is 0 Å². The van der Waals surface area contributed by atoms with Gasteiger partial charge in [-0.1, -0.05) is 26.0 Å². The minimum atomic E-state index is -0.375. The van der Waals surface area contributed by atoms with Crippen LogP contribution in [-0.4, -0.2) is 32.6 Å². The molecule has 0 bridgehead atoms. The van der Waals surface area contributed by atoms with Crippen molar-refractivity contribution < 1.29 is 9.59 Å². The SMILES string of the molecule is Cc1ccc(NC(=O)NC(c2nnc3ccccn23)C(C)C)cc1C(=O)NC(C)C. The summed E-state index contributed by atoms with van der Waals surface area (Å²) in [5, 5.41) is 17.1. The van der Waals surface area contributed by atoms with Gasteiger partial charge in [0, 0.05) is 23.5 Å². The first kappa shape index (κ1) is 21.3. The van der Waals surface area contributed by atoms with Crippen LogP contribution in [0.25, 0.3) is 5.65 Å². The van der Waals surface area contributed by atoms with E-state index in [4.69, 9.17) is 0 Å². The summed E-state index contributed by atoms with van der Waals surface area (Å²) in [5.74, 6) is 0.590. The minimum Gasteiger partial charge on any atom is -0.350 e. The molecule has 3 N–H and O–H groups in total. The van der Waals surface area contributed by atoms with Gasteiger partial charge in [-0.2, -0.15) is 0 Å². The Hall–Kier alpha value is -3.42. The van der Waals surface area contributed by atoms with E-state index >= 15 is 0 Å². The van der Waals surface area contributed by atoms with E-state index in [9.17, 15) is 9.59 Å². The number of urea groups is 1. The van der Waals surface area contributed by atoms with Crippen molar-refractivity contribution in [2.75, 3.05) is 5.32 Å². The molecule has 0 fully saturated rings. The highest BCUT2D eigenvalue weighted by molar-refractivity contribution is 5.98. The Bertz CT molecular complexity index is 1060. The molecular weight excluding hydrogens is 380 g/mol. The number of hydrogen-bond acceptors (Lipinski definition) is 4. The van der Waals surface area contributed by atoms with Gasteiger partial charge < -0.3 is 16.0 Å². The maximum atomic E-state index is 12.7. The third kappa shape index (κ3) is 4.76. The molecule has 3 aromatic rings. The molecule has 3 rings (SSSR count). The molecule has 0 radical (unpaired) electrons. The predicted octanol–water partition coefficient (Wildman–Crippen LogP) is 3.69. The van der Waals surface area contributed by atoms with E-state index in [2.05, 4.69) is 26.1 Å². The fraction of sp³-hybridized carbons (Fsp3) is 0.364. The molecule has 30 heavy (non-hydrogen) atoms. The molecule has 1 aromatic carbocycles. The lowest BCUT2D eigenvalue weighted by Gasteiger charge is -2.21. The van der Waals surface area contributed by atoms with Crippen molar-refractivity contribution in [3.63, 3.8) is 0 Å². The van der Waals surface area contributed by atoms with Crippen LogP contribution in [0.5, 0.6) is 0 Å². The second-order valence-corrected chi connectivity index (χ2v) is 7.97. The van der Waals surface area contributed by atoms with Gasteiger partial charge in [-0.05, 0) is 56.5 Å². The fourth-order valence-corrected chi connectivity index (χ4v) is 3.19. The number of rotatable bonds is 6. The molecule has 0 aliphatic rings. The Morgan fingerprint density at radius 1 is 1.00 bits per heavy atom. The quantitative estimate of drug-likeness (QED) is 0.579. The van der Waals surface area contributed by atoms with E-state index in [0.717, 1.165) is 11.2 Å². The Kier molecular flexibility index (Phi) is 6.34. The molecule has 3 amide bonds. The Morgan fingerprint density at radius 2 is 1.77 bits per heavy atom. The zero-order valence-corrected chi connectivity index (χ0v) is 17.9. The number of nitrogens with one attached hydrogen (secondary N) is 3. The molecule has 8 heteroatoms. The summed E-state index contributed by atoms with van der Waals surface area (Å²) in [6.07, 6.45) is 1.87. The number of amides is 3. The van der Waals surface area contributed by atoms with Crippen LogP contribution >= 0.6 is 0 Å². The molecular formula is C22H28N6O2. The maximum absolute atomic E-state index is 12.7. The van der Waals surface area contributed by atoms with Gasteiger partial charge in [0.15, 0.2) is 11.5 Å². The molecule has 8 nitrogen and oxygen atoms in total. The number of nitrogens with zero attached hydrogens (tertiary/aromatic N) is 3. The highest BCUT2D eigenvalue weighted by Crippen LogP contribution is 2.21. The summed E-state index contributed by atoms with van der Waals surface area (Å²) < 4.78 is 1.87. The lowest BCUT2D eigenvalue weighted by Crippen LogP contribution is -2.36. The molecule has 2 heterocycles. The highest BCUT2D eigenvalue weighted by Gasteiger charge is 2.24. The van der Waals surface area contributed by atoms with Crippen molar-refractivity contribution in [1.29, 1.82) is 0 Å². The Labute approximate surface area is 176 Å². The van der Waals surface area contributed by atoms with Crippen LogP contribution in [0, 0.1) is 12.8 Å². The van der Waals surface area contributed by atoms with Crippen LogP contribution in [0.3, 0.4) is 0 Å². The summed E-state index contributed by atoms with van der Waals surface area (Å²) in [4.78, 5) is 25.1. The molecule has 1 unspecified atom stereocenters. The van der Waals surface area contributed by atoms with Crippen molar-refractivity contribution in [1.82, 2.24) is 25.2 Å². The summed E-state index contributed by atoms with van der Waals surface area (Å²) >= 11 is 0. The molecule has 2 aromatic heterocycles. The molecule has 0 saturated heterocycles. The van der Waals surface area contributed by atoms with Crippen LogP contribution in [0.2, 0.25) is 0 Å². The van der Waals surface area contributed by atoms with Crippen molar-refractivity contribution in [2.24, 2.45) is 5.92 Å². The number of benzene rings is 1. The van der Waals surface area contributed by atoms with Gasteiger partial charge in [-0.15, -0.1) is 10.2 Å². The number of carbonyl (C=O) groups is 2. The highest BCUT2D eigenvalue weighted by atomic mass is 16.2. The first-order valence-electron chi connectivity index (χ1n) is 10.0. The minimum absolute atomic E-state index is 0.0293. The smallest absolute Gasteiger partial charge is 0.319 e. The zero-order chi connectivity index (χ0) is 21.8. The van der Waals surface area contributed by atoms with Crippen molar-refractivity contribution in [2.45, 2.75) is 46.7 Å². The van der Waals surface area contributed by atoms with Gasteiger partial charge in [-0.25, -0.2) is 4.79 Å². The topological polar surface area (TPSA) is 100 Å². The number of anilines is 1. The number of hydrogen-bond donors (Lipinski definition) is 3. The van der Waals surface area contributed by atoms with Gasteiger partial charge in [-0.3, -0.25) is 9.20 Å². The third-order valence-electron chi connectivity index (χ3n) is 4.73. The summed E-state index contributed by atoms with van der Waals surface area (Å²) in [7, 11) is 0. The summed E-state index contributed by atoms with van der Waals surface area (Å²) in [6, 6.07) is 10.2. The van der Waals surface area contributed by atoms with Gasteiger partial charge in [0.2, 0.25) is 0 Å². The number of pyridine rings is 1. The van der Waals surface area contributed by atoms with Gasteiger partial charge in [0.25, 0.3) is 5.91 Å². The normalized spacial score (nSPS) is 12.2. The third-order valence-corrected chi connectivity index (χ3v) is 4.73. The van der Waals surface area contributed by atoms with E-state index in [1.54, 1.807) is 12.1 Å². The Balaban J connectivity index is 1.77. The second kappa shape index (κ2) is 8.94. The maximum Gasteiger partial charge on any atom is 0.319 e. The first-order chi connectivity index (χ1) is 14.3. The number of carbonyl (C=O) groups excluding carboxylic acids is 2. The van der Waals surface area contributed by atoms with Crippen LogP contribution in [0.1, 0.15) is 55.5 Å².